The van der Waals surface area contributed by atoms with Gasteiger partial charge in [0, 0.05) is 30.6 Å². The van der Waals surface area contributed by atoms with Gasteiger partial charge in [-0.15, -0.1) is 0 Å². The number of aliphatic hydroxyl groups is 1. The Labute approximate surface area is 107 Å². The van der Waals surface area contributed by atoms with Gasteiger partial charge in [-0.1, -0.05) is 6.92 Å². The van der Waals surface area contributed by atoms with E-state index in [2.05, 4.69) is 6.92 Å². The summed E-state index contributed by atoms with van der Waals surface area (Å²) in [6, 6.07) is 0. The molecule has 3 saturated heterocycles. The minimum Gasteiger partial charge on any atom is -0.389 e. The van der Waals surface area contributed by atoms with Crippen LogP contribution in [0, 0.1) is 5.92 Å². The van der Waals surface area contributed by atoms with E-state index in [9.17, 15) is 5.11 Å². The molecule has 3 heterocycles. The molecule has 0 aromatic heterocycles. The lowest BCUT2D eigenvalue weighted by atomic mass is 9.74. The van der Waals surface area contributed by atoms with Crippen LogP contribution in [0.4, 0.5) is 0 Å². The third kappa shape index (κ3) is 2.25. The maximum Gasteiger partial charge on any atom is 0.0940 e. The molecule has 0 aromatic rings. The van der Waals surface area contributed by atoms with Crippen LogP contribution in [-0.2, 0) is 9.47 Å². The maximum atomic E-state index is 10.8. The Morgan fingerprint density at radius 3 is 2.82 bits per heavy atom. The van der Waals surface area contributed by atoms with Gasteiger partial charge < -0.3 is 14.6 Å². The molecule has 17 heavy (non-hydrogen) atoms. The lowest BCUT2D eigenvalue weighted by Gasteiger charge is -2.43. The highest BCUT2D eigenvalue weighted by Gasteiger charge is 2.49. The van der Waals surface area contributed by atoms with Gasteiger partial charge in [0.05, 0.1) is 17.8 Å². The summed E-state index contributed by atoms with van der Waals surface area (Å²) in [4.78, 5) is 0. The van der Waals surface area contributed by atoms with E-state index >= 15 is 0 Å². The quantitative estimate of drug-likeness (QED) is 0.779. The van der Waals surface area contributed by atoms with Gasteiger partial charge in [0.2, 0.25) is 0 Å². The largest absolute Gasteiger partial charge is 0.389 e. The molecule has 4 atom stereocenters. The van der Waals surface area contributed by atoms with Crippen molar-refractivity contribution in [3.05, 3.63) is 0 Å². The first-order valence-electron chi connectivity index (χ1n) is 6.68. The zero-order valence-electron chi connectivity index (χ0n) is 10.5. The smallest absolute Gasteiger partial charge is 0.0940 e. The lowest BCUT2D eigenvalue weighted by molar-refractivity contribution is -0.136. The van der Waals surface area contributed by atoms with Crippen LogP contribution in [-0.4, -0.2) is 47.1 Å². The summed E-state index contributed by atoms with van der Waals surface area (Å²) in [5.74, 6) is 1.30. The summed E-state index contributed by atoms with van der Waals surface area (Å²) in [5.41, 5.74) is -0.529. The number of rotatable bonds is 1. The average molecular weight is 258 g/mol. The molecule has 1 N–H and O–H groups in total. The van der Waals surface area contributed by atoms with Crippen LogP contribution < -0.4 is 0 Å². The van der Waals surface area contributed by atoms with E-state index in [0.717, 1.165) is 51.3 Å². The monoisotopic (exact) mass is 258 g/mol. The zero-order valence-corrected chi connectivity index (χ0v) is 11.3. The number of hydrogen-bond donors (Lipinski definition) is 1. The van der Waals surface area contributed by atoms with E-state index in [1.165, 1.54) is 0 Å². The predicted molar refractivity (Wildman–Crippen MR) is 68.3 cm³/mol. The van der Waals surface area contributed by atoms with Crippen LogP contribution in [0.2, 0.25) is 0 Å². The Balaban J connectivity index is 1.71. The molecule has 0 amide bonds. The molecule has 0 aliphatic carbocycles. The molecule has 0 bridgehead atoms. The Morgan fingerprint density at radius 2 is 2.18 bits per heavy atom. The van der Waals surface area contributed by atoms with Crippen molar-refractivity contribution >= 4 is 11.8 Å². The van der Waals surface area contributed by atoms with Crippen LogP contribution >= 0.6 is 11.8 Å². The van der Waals surface area contributed by atoms with Crippen LogP contribution in [0.1, 0.15) is 32.6 Å². The molecule has 98 valence electrons. The summed E-state index contributed by atoms with van der Waals surface area (Å²) < 4.78 is 11.4. The number of hydrogen-bond acceptors (Lipinski definition) is 4. The third-order valence-electron chi connectivity index (χ3n) is 4.58. The van der Waals surface area contributed by atoms with E-state index < -0.39 is 5.60 Å². The number of ether oxygens (including phenoxy) is 2. The van der Waals surface area contributed by atoms with Crippen molar-refractivity contribution in [1.29, 1.82) is 0 Å². The molecule has 0 saturated carbocycles. The average Bonchev–Trinajstić information content (AvgIpc) is 2.88. The second kappa shape index (κ2) is 4.41. The second-order valence-corrected chi connectivity index (χ2v) is 7.38. The molecule has 0 radical (unpaired) electrons. The highest BCUT2D eigenvalue weighted by atomic mass is 32.2. The first-order valence-corrected chi connectivity index (χ1v) is 7.73. The molecule has 4 heteroatoms. The topological polar surface area (TPSA) is 38.7 Å². The molecule has 4 unspecified atom stereocenters. The summed E-state index contributed by atoms with van der Waals surface area (Å²) >= 11 is 1.91. The van der Waals surface area contributed by atoms with Crippen molar-refractivity contribution in [1.82, 2.24) is 0 Å². The van der Waals surface area contributed by atoms with Crippen LogP contribution in [0.15, 0.2) is 0 Å². The third-order valence-corrected chi connectivity index (χ3v) is 5.98. The van der Waals surface area contributed by atoms with Gasteiger partial charge in [0.25, 0.3) is 0 Å². The molecular weight excluding hydrogens is 236 g/mol. The van der Waals surface area contributed by atoms with Crippen molar-refractivity contribution < 1.29 is 14.6 Å². The van der Waals surface area contributed by atoms with Gasteiger partial charge in [-0.05, 0) is 25.2 Å². The van der Waals surface area contributed by atoms with Gasteiger partial charge in [0.15, 0.2) is 0 Å². The SMILES string of the molecule is CC1CC(O)(C2CCOC3(CCOC3)C2)CS1. The Bertz CT molecular complexity index is 290. The molecule has 3 nitrogen and oxygen atoms in total. The minimum absolute atomic E-state index is 0.0743. The standard InChI is InChI=1S/C13H22O3S/c1-10-6-13(14,9-17-10)11-2-4-16-12(7-11)3-5-15-8-12/h10-11,14H,2-9H2,1H3. The Morgan fingerprint density at radius 1 is 1.29 bits per heavy atom. The summed E-state index contributed by atoms with van der Waals surface area (Å²) in [7, 11) is 0. The molecule has 3 rings (SSSR count). The predicted octanol–water partition coefficient (Wildman–Crippen LogP) is 1.83. The van der Waals surface area contributed by atoms with Gasteiger partial charge in [-0.2, -0.15) is 11.8 Å². The van der Waals surface area contributed by atoms with Crippen molar-refractivity contribution in [2.45, 2.75) is 49.1 Å². The van der Waals surface area contributed by atoms with Crippen molar-refractivity contribution in [3.8, 4) is 0 Å². The lowest BCUT2D eigenvalue weighted by Crippen LogP contribution is -2.49. The van der Waals surface area contributed by atoms with Gasteiger partial charge in [-0.3, -0.25) is 0 Å². The van der Waals surface area contributed by atoms with Gasteiger partial charge in [0.1, 0.15) is 0 Å². The normalized spacial score (nSPS) is 51.2. The molecule has 3 fully saturated rings. The van der Waals surface area contributed by atoms with Crippen LogP contribution in [0.25, 0.3) is 0 Å². The molecule has 0 aromatic carbocycles. The maximum absolute atomic E-state index is 10.8. The first kappa shape index (κ1) is 12.3. The fourth-order valence-electron chi connectivity index (χ4n) is 3.54. The van der Waals surface area contributed by atoms with Gasteiger partial charge >= 0.3 is 0 Å². The van der Waals surface area contributed by atoms with E-state index in [1.54, 1.807) is 0 Å². The highest BCUT2D eigenvalue weighted by molar-refractivity contribution is 8.00. The van der Waals surface area contributed by atoms with Gasteiger partial charge in [-0.25, -0.2) is 0 Å². The van der Waals surface area contributed by atoms with Crippen molar-refractivity contribution in [3.63, 3.8) is 0 Å². The first-order chi connectivity index (χ1) is 8.12. The van der Waals surface area contributed by atoms with E-state index in [4.69, 9.17) is 9.47 Å². The van der Waals surface area contributed by atoms with Crippen molar-refractivity contribution in [2.24, 2.45) is 5.92 Å². The van der Waals surface area contributed by atoms with Crippen LogP contribution in [0.5, 0.6) is 0 Å². The summed E-state index contributed by atoms with van der Waals surface area (Å²) in [6.45, 7) is 4.55. The zero-order chi connectivity index (χ0) is 11.9. The Kier molecular flexibility index (Phi) is 3.18. The summed E-state index contributed by atoms with van der Waals surface area (Å²) in [5, 5.41) is 11.4. The second-order valence-electron chi connectivity index (χ2n) is 5.95. The van der Waals surface area contributed by atoms with E-state index in [-0.39, 0.29) is 5.60 Å². The van der Waals surface area contributed by atoms with Crippen molar-refractivity contribution in [2.75, 3.05) is 25.6 Å². The molecular formula is C13H22O3S. The fourth-order valence-corrected chi connectivity index (χ4v) is 4.87. The highest BCUT2D eigenvalue weighted by Crippen LogP contribution is 2.46. The van der Waals surface area contributed by atoms with E-state index in [1.807, 2.05) is 11.8 Å². The molecule has 3 aliphatic rings. The summed E-state index contributed by atoms with van der Waals surface area (Å²) in [6.07, 6.45) is 3.93. The van der Waals surface area contributed by atoms with Crippen LogP contribution in [0.3, 0.4) is 0 Å². The van der Waals surface area contributed by atoms with E-state index in [0.29, 0.717) is 11.2 Å². The fraction of sp³-hybridized carbons (Fsp3) is 1.00. The number of thioether (sulfide) groups is 1. The Hall–Kier alpha value is 0.230. The molecule has 3 aliphatic heterocycles. The molecule has 1 spiro atoms. The minimum atomic E-state index is -0.455.